The molecule has 0 aromatic rings. The van der Waals surface area contributed by atoms with Crippen molar-refractivity contribution in [2.24, 2.45) is 0 Å². The molecule has 0 aliphatic carbocycles. The SMILES string of the molecule is CCCCCCCCCCCCCCCCCCCCCCCCCCCCCCCCCCCCC(O)C(=O)NC(COC1OC(CO)C(O)C(OS(=O)(=O)O)C1O)C(O)CCCCC. The molecule has 0 spiro atoms. The molecule has 8 unspecified atom stereocenters. The molecular weight excluding hydrogens is 863 g/mol. The third kappa shape index (κ3) is 34.4. The van der Waals surface area contributed by atoms with Gasteiger partial charge in [0, 0.05) is 0 Å². The van der Waals surface area contributed by atoms with Crippen LogP contribution in [0.4, 0.5) is 0 Å². The van der Waals surface area contributed by atoms with Gasteiger partial charge in [-0.1, -0.05) is 251 Å². The molecule has 7 N–H and O–H groups in total. The van der Waals surface area contributed by atoms with Gasteiger partial charge in [0.2, 0.25) is 5.91 Å². The van der Waals surface area contributed by atoms with Gasteiger partial charge in [0.15, 0.2) is 6.29 Å². The van der Waals surface area contributed by atoms with Gasteiger partial charge in [-0.3, -0.25) is 9.35 Å². The Kier molecular flexibility index (Phi) is 41.0. The second-order valence-corrected chi connectivity index (χ2v) is 20.7. The van der Waals surface area contributed by atoms with E-state index < -0.39 is 78.5 Å². The van der Waals surface area contributed by atoms with Gasteiger partial charge in [0.1, 0.15) is 30.5 Å². The highest BCUT2D eigenvalue weighted by Crippen LogP contribution is 2.26. The van der Waals surface area contributed by atoms with Gasteiger partial charge in [-0.25, -0.2) is 4.18 Å². The molecule has 0 aromatic carbocycles. The topological polar surface area (TPSA) is 212 Å². The Balaban J connectivity index is 2.04. The van der Waals surface area contributed by atoms with Crippen molar-refractivity contribution in [1.82, 2.24) is 5.32 Å². The zero-order chi connectivity index (χ0) is 48.5. The first-order chi connectivity index (χ1) is 31.9. The molecule has 0 aromatic heterocycles. The van der Waals surface area contributed by atoms with E-state index >= 15 is 0 Å². The van der Waals surface area contributed by atoms with Gasteiger partial charge in [-0.2, -0.15) is 8.42 Å². The van der Waals surface area contributed by atoms with Crippen molar-refractivity contribution in [1.29, 1.82) is 0 Å². The molecule has 1 aliphatic heterocycles. The van der Waals surface area contributed by atoms with Gasteiger partial charge in [0.25, 0.3) is 0 Å². The average molecular weight is 966 g/mol. The molecule has 66 heavy (non-hydrogen) atoms. The van der Waals surface area contributed by atoms with Crippen molar-refractivity contribution < 1.29 is 57.0 Å². The predicted octanol–water partition coefficient (Wildman–Crippen LogP) is 11.1. The third-order valence-electron chi connectivity index (χ3n) is 13.5. The summed E-state index contributed by atoms with van der Waals surface area (Å²) in [6.45, 7) is 3.10. The Morgan fingerprint density at radius 2 is 0.879 bits per heavy atom. The Morgan fingerprint density at radius 3 is 1.23 bits per heavy atom. The number of aliphatic hydroxyl groups is 5. The monoisotopic (exact) mass is 966 g/mol. The molecular formula is C52H103NO12S. The summed E-state index contributed by atoms with van der Waals surface area (Å²) in [6, 6.07) is -1.02. The minimum absolute atomic E-state index is 0.264. The van der Waals surface area contributed by atoms with Crippen LogP contribution in [0.3, 0.4) is 0 Å². The Morgan fingerprint density at radius 1 is 0.545 bits per heavy atom. The summed E-state index contributed by atoms with van der Waals surface area (Å²) < 4.78 is 47.2. The number of hydrogen-bond donors (Lipinski definition) is 7. The van der Waals surface area contributed by atoms with Gasteiger partial charge in [-0.05, 0) is 12.8 Å². The molecule has 1 amide bonds. The molecule has 0 bridgehead atoms. The van der Waals surface area contributed by atoms with Crippen LogP contribution in [0.25, 0.3) is 0 Å². The largest absolute Gasteiger partial charge is 0.397 e. The maximum absolute atomic E-state index is 13.0. The van der Waals surface area contributed by atoms with Crippen molar-refractivity contribution in [3.8, 4) is 0 Å². The number of nitrogens with one attached hydrogen (secondary N) is 1. The first-order valence-corrected chi connectivity index (χ1v) is 28.9. The normalized spacial score (nSPS) is 20.4. The fourth-order valence-corrected chi connectivity index (χ4v) is 9.68. The molecule has 1 rings (SSSR count). The van der Waals surface area contributed by atoms with Crippen molar-refractivity contribution in [3.63, 3.8) is 0 Å². The molecule has 8 atom stereocenters. The second kappa shape index (κ2) is 42.9. The van der Waals surface area contributed by atoms with Crippen LogP contribution in [0.5, 0.6) is 0 Å². The summed E-state index contributed by atoms with van der Waals surface area (Å²) in [5.41, 5.74) is 0. The van der Waals surface area contributed by atoms with E-state index in [1.807, 2.05) is 6.92 Å². The third-order valence-corrected chi connectivity index (χ3v) is 14.0. The number of unbranched alkanes of at least 4 members (excludes halogenated alkanes) is 35. The molecule has 13 nitrogen and oxygen atoms in total. The molecule has 0 radical (unpaired) electrons. The standard InChI is InChI=1S/C52H103NO12S/c1-3-5-7-8-9-10-11-12-13-14-15-16-17-18-19-20-21-22-23-24-25-26-27-28-29-30-31-32-33-34-35-36-37-39-41-46(56)51(59)53-44(45(55)40-38-6-4-2)43-63-52-49(58)50(65-66(60,61)62)48(57)47(42-54)64-52/h44-50,52,54-58H,3-43H2,1-2H3,(H,53,59)(H,60,61,62). The Bertz CT molecular complexity index is 1200. The minimum atomic E-state index is -5.10. The van der Waals surface area contributed by atoms with Crippen LogP contribution in [0.1, 0.15) is 264 Å². The van der Waals surface area contributed by atoms with E-state index in [2.05, 4.69) is 16.4 Å². The molecule has 1 heterocycles. The van der Waals surface area contributed by atoms with Crippen LogP contribution < -0.4 is 5.32 Å². The van der Waals surface area contributed by atoms with Gasteiger partial charge >= 0.3 is 10.4 Å². The summed E-state index contributed by atoms with van der Waals surface area (Å²) in [6.07, 6.45) is 37.6. The first kappa shape index (κ1) is 63.1. The number of hydrogen-bond acceptors (Lipinski definition) is 11. The van der Waals surface area contributed by atoms with Crippen molar-refractivity contribution >= 4 is 16.3 Å². The van der Waals surface area contributed by atoms with Crippen molar-refractivity contribution in [2.45, 2.75) is 313 Å². The minimum Gasteiger partial charge on any atom is -0.394 e. The summed E-state index contributed by atoms with van der Waals surface area (Å²) >= 11 is 0. The maximum Gasteiger partial charge on any atom is 0.397 e. The zero-order valence-corrected chi connectivity index (χ0v) is 43.0. The summed E-state index contributed by atoms with van der Waals surface area (Å²) in [5.74, 6) is -0.675. The molecule has 1 fully saturated rings. The van der Waals surface area contributed by atoms with Crippen LogP contribution in [0, 0.1) is 0 Å². The predicted molar refractivity (Wildman–Crippen MR) is 265 cm³/mol. The van der Waals surface area contributed by atoms with Crippen LogP contribution in [-0.4, -0.2) is 107 Å². The smallest absolute Gasteiger partial charge is 0.394 e. The fraction of sp³-hybridized carbons (Fsp3) is 0.981. The number of amides is 1. The average Bonchev–Trinajstić information content (AvgIpc) is 3.29. The summed E-state index contributed by atoms with van der Waals surface area (Å²) in [4.78, 5) is 13.0. The van der Waals surface area contributed by atoms with E-state index in [0.29, 0.717) is 19.3 Å². The fourth-order valence-electron chi connectivity index (χ4n) is 9.17. The lowest BCUT2D eigenvalue weighted by Gasteiger charge is -2.41. The number of ether oxygens (including phenoxy) is 2. The van der Waals surface area contributed by atoms with Crippen LogP contribution in [0.15, 0.2) is 0 Å². The lowest BCUT2D eigenvalue weighted by atomic mass is 9.99. The summed E-state index contributed by atoms with van der Waals surface area (Å²) in [7, 11) is -5.10. The van der Waals surface area contributed by atoms with Crippen LogP contribution in [-0.2, 0) is 28.9 Å². The highest BCUT2D eigenvalue weighted by molar-refractivity contribution is 7.80. The van der Waals surface area contributed by atoms with Crippen LogP contribution in [0.2, 0.25) is 0 Å². The van der Waals surface area contributed by atoms with E-state index in [9.17, 15) is 38.7 Å². The molecule has 394 valence electrons. The molecule has 0 saturated carbocycles. The highest BCUT2D eigenvalue weighted by atomic mass is 32.3. The molecule has 14 heteroatoms. The quantitative estimate of drug-likeness (QED) is 0.0224. The van der Waals surface area contributed by atoms with Crippen molar-refractivity contribution in [2.75, 3.05) is 13.2 Å². The van der Waals surface area contributed by atoms with Gasteiger partial charge in [0.05, 0.1) is 25.4 Å². The van der Waals surface area contributed by atoms with Gasteiger partial charge < -0.3 is 40.3 Å². The van der Waals surface area contributed by atoms with E-state index in [1.54, 1.807) is 0 Å². The Labute approximate surface area is 403 Å². The Hall–Kier alpha value is -0.940. The van der Waals surface area contributed by atoms with E-state index in [-0.39, 0.29) is 6.42 Å². The van der Waals surface area contributed by atoms with E-state index in [4.69, 9.17) is 14.0 Å². The number of carbonyl (C=O) groups excluding carboxylic acids is 1. The lowest BCUT2D eigenvalue weighted by molar-refractivity contribution is -0.298. The maximum atomic E-state index is 13.0. The number of aliphatic hydroxyl groups excluding tert-OH is 5. The number of carbonyl (C=O) groups is 1. The van der Waals surface area contributed by atoms with E-state index in [0.717, 1.165) is 32.1 Å². The summed E-state index contributed by atoms with van der Waals surface area (Å²) in [5, 5.41) is 54.7. The van der Waals surface area contributed by atoms with Gasteiger partial charge in [-0.15, -0.1) is 0 Å². The number of rotatable bonds is 48. The van der Waals surface area contributed by atoms with Crippen LogP contribution >= 0.6 is 0 Å². The highest BCUT2D eigenvalue weighted by Gasteiger charge is 2.48. The lowest BCUT2D eigenvalue weighted by Crippen LogP contribution is -2.61. The molecule has 1 saturated heterocycles. The van der Waals surface area contributed by atoms with E-state index in [1.165, 1.54) is 193 Å². The zero-order valence-electron chi connectivity index (χ0n) is 42.2. The molecule has 1 aliphatic rings. The second-order valence-electron chi connectivity index (χ2n) is 19.7. The van der Waals surface area contributed by atoms with Crippen molar-refractivity contribution in [3.05, 3.63) is 0 Å². The first-order valence-electron chi connectivity index (χ1n) is 27.5.